The molecule has 2 rings (SSSR count). The lowest BCUT2D eigenvalue weighted by Gasteiger charge is -2.32. The van der Waals surface area contributed by atoms with Gasteiger partial charge in [-0.1, -0.05) is 32.0 Å². The Morgan fingerprint density at radius 3 is 2.54 bits per heavy atom. The zero-order valence-electron chi connectivity index (χ0n) is 14.9. The van der Waals surface area contributed by atoms with Crippen LogP contribution < -0.4 is 10.1 Å². The highest BCUT2D eigenvalue weighted by Crippen LogP contribution is 2.17. The highest BCUT2D eigenvalue weighted by Gasteiger charge is 2.24. The van der Waals surface area contributed by atoms with Crippen LogP contribution >= 0.6 is 0 Å². The summed E-state index contributed by atoms with van der Waals surface area (Å²) in [6.45, 7) is 7.44. The van der Waals surface area contributed by atoms with Crippen molar-refractivity contribution in [3.63, 3.8) is 0 Å². The fourth-order valence-corrected chi connectivity index (χ4v) is 2.88. The van der Waals surface area contributed by atoms with Gasteiger partial charge in [0.25, 0.3) is 5.91 Å². The van der Waals surface area contributed by atoms with Crippen molar-refractivity contribution in [1.82, 2.24) is 10.2 Å². The van der Waals surface area contributed by atoms with Crippen LogP contribution in [0.2, 0.25) is 0 Å². The number of hydrogen-bond donors (Lipinski definition) is 1. The van der Waals surface area contributed by atoms with Crippen LogP contribution in [0.3, 0.4) is 0 Å². The number of hydrogen-bond acceptors (Lipinski definition) is 3. The average molecular weight is 332 g/mol. The average Bonchev–Trinajstić information content (AvgIpc) is 2.53. The maximum absolute atomic E-state index is 12.3. The SMILES string of the molecule is Cc1ccccc1OCC(=O)N1CCC(NC(=O)CC(C)C)CC1. The number of ether oxygens (including phenoxy) is 1. The number of nitrogens with zero attached hydrogens (tertiary/aromatic N) is 1. The van der Waals surface area contributed by atoms with Crippen molar-refractivity contribution >= 4 is 11.8 Å². The van der Waals surface area contributed by atoms with Crippen LogP contribution in [0, 0.1) is 12.8 Å². The first-order valence-corrected chi connectivity index (χ1v) is 8.71. The molecule has 1 N–H and O–H groups in total. The molecule has 0 spiro atoms. The van der Waals surface area contributed by atoms with E-state index in [0.29, 0.717) is 25.4 Å². The van der Waals surface area contributed by atoms with E-state index in [9.17, 15) is 9.59 Å². The molecule has 1 heterocycles. The molecule has 24 heavy (non-hydrogen) atoms. The van der Waals surface area contributed by atoms with Crippen LogP contribution in [0.1, 0.15) is 38.7 Å². The molecule has 0 atom stereocenters. The first kappa shape index (κ1) is 18.3. The Bertz CT molecular complexity index is 563. The molecular formula is C19H28N2O3. The molecule has 5 nitrogen and oxygen atoms in total. The van der Waals surface area contributed by atoms with Crippen LogP contribution in [0.4, 0.5) is 0 Å². The van der Waals surface area contributed by atoms with Gasteiger partial charge >= 0.3 is 0 Å². The first-order chi connectivity index (χ1) is 11.5. The van der Waals surface area contributed by atoms with Gasteiger partial charge in [0.15, 0.2) is 6.61 Å². The molecule has 1 aliphatic rings. The summed E-state index contributed by atoms with van der Waals surface area (Å²) in [5.74, 6) is 1.23. The van der Waals surface area contributed by atoms with Crippen molar-refractivity contribution in [2.75, 3.05) is 19.7 Å². The van der Waals surface area contributed by atoms with Crippen LogP contribution in [0.5, 0.6) is 5.75 Å². The van der Waals surface area contributed by atoms with Crippen LogP contribution in [-0.4, -0.2) is 42.5 Å². The Kier molecular flexibility index (Phi) is 6.64. The normalized spacial score (nSPS) is 15.4. The summed E-state index contributed by atoms with van der Waals surface area (Å²) in [7, 11) is 0. The molecule has 2 amide bonds. The number of nitrogens with one attached hydrogen (secondary N) is 1. The molecule has 0 aromatic heterocycles. The number of para-hydroxylation sites is 1. The second kappa shape index (κ2) is 8.71. The number of aryl methyl sites for hydroxylation is 1. The lowest BCUT2D eigenvalue weighted by Crippen LogP contribution is -2.47. The Balaban J connectivity index is 1.72. The van der Waals surface area contributed by atoms with E-state index in [4.69, 9.17) is 4.74 Å². The van der Waals surface area contributed by atoms with Crippen LogP contribution in [0.15, 0.2) is 24.3 Å². The zero-order chi connectivity index (χ0) is 17.5. The van der Waals surface area contributed by atoms with E-state index in [2.05, 4.69) is 5.32 Å². The molecule has 0 unspecified atom stereocenters. The van der Waals surface area contributed by atoms with E-state index < -0.39 is 0 Å². The number of rotatable bonds is 6. The fraction of sp³-hybridized carbons (Fsp3) is 0.579. The summed E-state index contributed by atoms with van der Waals surface area (Å²) >= 11 is 0. The molecule has 0 saturated carbocycles. The third kappa shape index (κ3) is 5.55. The molecule has 0 radical (unpaired) electrons. The van der Waals surface area contributed by atoms with Crippen molar-refractivity contribution in [2.45, 2.75) is 46.1 Å². The number of carbonyl (C=O) groups excluding carboxylic acids is 2. The van der Waals surface area contributed by atoms with Crippen molar-refractivity contribution in [1.29, 1.82) is 0 Å². The Hall–Kier alpha value is -2.04. The van der Waals surface area contributed by atoms with Crippen molar-refractivity contribution in [2.24, 2.45) is 5.92 Å². The summed E-state index contributed by atoms with van der Waals surface area (Å²) in [5.41, 5.74) is 1.02. The van der Waals surface area contributed by atoms with E-state index in [-0.39, 0.29) is 24.5 Å². The molecule has 5 heteroatoms. The topological polar surface area (TPSA) is 58.6 Å². The summed E-state index contributed by atoms with van der Waals surface area (Å²) in [4.78, 5) is 25.9. The Labute approximate surface area is 144 Å². The van der Waals surface area contributed by atoms with Gasteiger partial charge in [0.05, 0.1) is 0 Å². The van der Waals surface area contributed by atoms with Gasteiger partial charge in [0, 0.05) is 25.6 Å². The van der Waals surface area contributed by atoms with Crippen LogP contribution in [0.25, 0.3) is 0 Å². The monoisotopic (exact) mass is 332 g/mol. The third-order valence-corrected chi connectivity index (χ3v) is 4.25. The van der Waals surface area contributed by atoms with E-state index >= 15 is 0 Å². The molecule has 0 aliphatic carbocycles. The maximum Gasteiger partial charge on any atom is 0.260 e. The molecule has 1 saturated heterocycles. The maximum atomic E-state index is 12.3. The molecule has 1 aliphatic heterocycles. The van der Waals surface area contributed by atoms with Gasteiger partial charge in [-0.3, -0.25) is 9.59 Å². The summed E-state index contributed by atoms with van der Waals surface area (Å²) in [5, 5.41) is 3.07. The molecule has 1 aromatic rings. The lowest BCUT2D eigenvalue weighted by atomic mass is 10.0. The minimum atomic E-state index is 0.00482. The number of piperidine rings is 1. The van der Waals surface area contributed by atoms with Crippen molar-refractivity contribution < 1.29 is 14.3 Å². The summed E-state index contributed by atoms with van der Waals surface area (Å²) in [6.07, 6.45) is 2.17. The van der Waals surface area contributed by atoms with E-state index in [1.165, 1.54) is 0 Å². The highest BCUT2D eigenvalue weighted by molar-refractivity contribution is 5.78. The van der Waals surface area contributed by atoms with E-state index in [1.807, 2.05) is 49.9 Å². The van der Waals surface area contributed by atoms with Gasteiger partial charge in [0.1, 0.15) is 5.75 Å². The number of benzene rings is 1. The molecule has 132 valence electrons. The van der Waals surface area contributed by atoms with Gasteiger partial charge < -0.3 is 15.0 Å². The van der Waals surface area contributed by atoms with E-state index in [0.717, 1.165) is 24.2 Å². The number of carbonyl (C=O) groups is 2. The highest BCUT2D eigenvalue weighted by atomic mass is 16.5. The van der Waals surface area contributed by atoms with E-state index in [1.54, 1.807) is 0 Å². The predicted molar refractivity (Wildman–Crippen MR) is 93.9 cm³/mol. The second-order valence-corrected chi connectivity index (χ2v) is 6.87. The van der Waals surface area contributed by atoms with Crippen LogP contribution in [-0.2, 0) is 9.59 Å². The standard InChI is InChI=1S/C19H28N2O3/c1-14(2)12-18(22)20-16-8-10-21(11-9-16)19(23)13-24-17-7-5-4-6-15(17)3/h4-7,14,16H,8-13H2,1-3H3,(H,20,22). The lowest BCUT2D eigenvalue weighted by molar-refractivity contribution is -0.134. The minimum Gasteiger partial charge on any atom is -0.484 e. The van der Waals surface area contributed by atoms with Gasteiger partial charge in [-0.2, -0.15) is 0 Å². The molecule has 0 bridgehead atoms. The van der Waals surface area contributed by atoms with Gasteiger partial charge in [0.2, 0.25) is 5.91 Å². The summed E-state index contributed by atoms with van der Waals surface area (Å²) < 4.78 is 5.63. The Morgan fingerprint density at radius 1 is 1.25 bits per heavy atom. The predicted octanol–water partition coefficient (Wildman–Crippen LogP) is 2.53. The smallest absolute Gasteiger partial charge is 0.260 e. The van der Waals surface area contributed by atoms with Gasteiger partial charge in [-0.15, -0.1) is 0 Å². The summed E-state index contributed by atoms with van der Waals surface area (Å²) in [6, 6.07) is 7.86. The zero-order valence-corrected chi connectivity index (χ0v) is 14.9. The molecular weight excluding hydrogens is 304 g/mol. The quantitative estimate of drug-likeness (QED) is 0.871. The minimum absolute atomic E-state index is 0.00482. The molecule has 1 aromatic carbocycles. The first-order valence-electron chi connectivity index (χ1n) is 8.71. The molecule has 1 fully saturated rings. The van der Waals surface area contributed by atoms with Crippen molar-refractivity contribution in [3.8, 4) is 5.75 Å². The second-order valence-electron chi connectivity index (χ2n) is 6.87. The largest absolute Gasteiger partial charge is 0.484 e. The van der Waals surface area contributed by atoms with Crippen molar-refractivity contribution in [3.05, 3.63) is 29.8 Å². The fourth-order valence-electron chi connectivity index (χ4n) is 2.88. The number of likely N-dealkylation sites (tertiary alicyclic amines) is 1. The van der Waals surface area contributed by atoms with Gasteiger partial charge in [-0.25, -0.2) is 0 Å². The third-order valence-electron chi connectivity index (χ3n) is 4.25. The van der Waals surface area contributed by atoms with Gasteiger partial charge in [-0.05, 0) is 37.3 Å². The number of amides is 2. The Morgan fingerprint density at radius 2 is 1.92 bits per heavy atom.